The number of nitrogens with one attached hydrogen (secondary N) is 1. The van der Waals surface area contributed by atoms with Crippen LogP contribution >= 0.6 is 0 Å². The molecule has 3 atom stereocenters. The third kappa shape index (κ3) is 12.3. The fourth-order valence-corrected chi connectivity index (χ4v) is 4.76. The van der Waals surface area contributed by atoms with E-state index in [4.69, 9.17) is 19.4 Å². The van der Waals surface area contributed by atoms with Gasteiger partial charge in [-0.15, -0.1) is 0 Å². The summed E-state index contributed by atoms with van der Waals surface area (Å²) >= 11 is 0. The van der Waals surface area contributed by atoms with Crippen molar-refractivity contribution >= 4 is 17.7 Å². The molecule has 0 unspecified atom stereocenters. The first-order valence-electron chi connectivity index (χ1n) is 14.2. The molecule has 4 N–H and O–H groups in total. The van der Waals surface area contributed by atoms with Gasteiger partial charge in [-0.05, 0) is 61.2 Å². The number of carboxylic acids is 1. The van der Waals surface area contributed by atoms with Gasteiger partial charge in [-0.25, -0.2) is 9.18 Å². The van der Waals surface area contributed by atoms with Gasteiger partial charge in [0.15, 0.2) is 17.3 Å². The Morgan fingerprint density at radius 1 is 0.978 bits per heavy atom. The summed E-state index contributed by atoms with van der Waals surface area (Å²) in [6, 6.07) is 10.2. The minimum atomic E-state index is -5.08. The van der Waals surface area contributed by atoms with Crippen LogP contribution in [-0.4, -0.2) is 89.0 Å². The highest BCUT2D eigenvalue weighted by atomic mass is 19.4. The molecule has 2 aliphatic rings. The van der Waals surface area contributed by atoms with Gasteiger partial charge in [0.05, 0.1) is 12.1 Å². The van der Waals surface area contributed by atoms with Gasteiger partial charge in [-0.1, -0.05) is 19.9 Å². The minimum Gasteiger partial charge on any atom is -0.486 e. The number of hydrogen-bond donors (Lipinski definition) is 4. The average Bonchev–Trinajstić information content (AvgIpc) is 3.40. The number of carboxylic acid groups (broad SMARTS) is 1. The molecule has 4 rings (SSSR count). The van der Waals surface area contributed by atoms with E-state index >= 15 is 0 Å². The topological polar surface area (TPSA) is 146 Å². The zero-order valence-corrected chi connectivity index (χ0v) is 23.9. The third-order valence-corrected chi connectivity index (χ3v) is 7.05. The second-order valence-corrected chi connectivity index (χ2v) is 10.5. The van der Waals surface area contributed by atoms with Crippen LogP contribution in [0, 0.1) is 5.82 Å². The number of ketones is 1. The van der Waals surface area contributed by atoms with Gasteiger partial charge in [0.2, 0.25) is 5.91 Å². The van der Waals surface area contributed by atoms with Crippen LogP contribution in [0.5, 0.6) is 11.5 Å². The second kappa shape index (κ2) is 17.7. The summed E-state index contributed by atoms with van der Waals surface area (Å²) in [7, 11) is 0. The number of carbonyl (C=O) groups excluding carboxylic acids is 2. The minimum absolute atomic E-state index is 0. The van der Waals surface area contributed by atoms with Crippen LogP contribution in [0.2, 0.25) is 0 Å². The molecule has 10 nitrogen and oxygen atoms in total. The number of unbranched alkanes of at least 4 members (excludes halogenated alkanes) is 2. The summed E-state index contributed by atoms with van der Waals surface area (Å²) in [6.45, 7) is 2.52. The molecule has 2 heterocycles. The summed E-state index contributed by atoms with van der Waals surface area (Å²) in [4.78, 5) is 35.9. The zero-order chi connectivity index (χ0) is 32.3. The monoisotopic (exact) mass is 644 g/mol. The lowest BCUT2D eigenvalue weighted by Gasteiger charge is -2.29. The number of aliphatic hydroxyl groups is 2. The van der Waals surface area contributed by atoms with E-state index in [-0.39, 0.29) is 31.4 Å². The molecule has 250 valence electrons. The fourth-order valence-electron chi connectivity index (χ4n) is 4.76. The van der Waals surface area contributed by atoms with E-state index < -0.39 is 30.4 Å². The maximum Gasteiger partial charge on any atom is 0.490 e. The standard InChI is InChI=1S/C28H35FN2O6.C2HF3O2.CH4/c29-21-9-6-19(7-10-21)24(33)4-2-1-3-5-27(34)30-23(18-31-13-12-22(32)17-31)28(35)20-8-11-25-26(16-20)37-15-14-36-25;3-2(4,5)1(6)7;/h6-11,16,22-23,28,32,35H,1-5,12-15,17-18H2,(H,30,34);(H,6,7);1H4/t22-,23+,28+;;/m0../s1. The Morgan fingerprint density at radius 2 is 1.60 bits per heavy atom. The van der Waals surface area contributed by atoms with E-state index in [2.05, 4.69) is 5.32 Å². The first-order valence-corrected chi connectivity index (χ1v) is 14.2. The van der Waals surface area contributed by atoms with Crippen molar-refractivity contribution in [2.45, 2.75) is 70.4 Å². The number of amides is 1. The summed E-state index contributed by atoms with van der Waals surface area (Å²) in [6.07, 6.45) is -3.22. The van der Waals surface area contributed by atoms with Gasteiger partial charge in [0.25, 0.3) is 0 Å². The van der Waals surface area contributed by atoms with Crippen LogP contribution in [0.4, 0.5) is 17.6 Å². The lowest BCUT2D eigenvalue weighted by Crippen LogP contribution is -2.47. The molecule has 1 fully saturated rings. The van der Waals surface area contributed by atoms with Crippen molar-refractivity contribution in [2.75, 3.05) is 32.8 Å². The molecule has 0 radical (unpaired) electrons. The summed E-state index contributed by atoms with van der Waals surface area (Å²) in [5, 5.41) is 31.2. The van der Waals surface area contributed by atoms with E-state index in [1.165, 1.54) is 24.3 Å². The number of benzene rings is 2. The normalized spacial score (nSPS) is 17.2. The number of β-amino-alcohol motifs (C(OH)–C–C–N with tert-alkyl or cyclic N) is 1. The highest BCUT2D eigenvalue weighted by Crippen LogP contribution is 2.33. The molecule has 0 bridgehead atoms. The van der Waals surface area contributed by atoms with Crippen LogP contribution in [0.1, 0.15) is 68.0 Å². The Balaban J connectivity index is 0.000000791. The van der Waals surface area contributed by atoms with Crippen LogP contribution in [0.3, 0.4) is 0 Å². The number of ether oxygens (including phenoxy) is 2. The lowest BCUT2D eigenvalue weighted by atomic mass is 10.00. The van der Waals surface area contributed by atoms with Crippen molar-refractivity contribution in [3.63, 3.8) is 0 Å². The molecule has 45 heavy (non-hydrogen) atoms. The van der Waals surface area contributed by atoms with E-state index in [1.807, 2.05) is 4.90 Å². The average molecular weight is 645 g/mol. The molecule has 0 aromatic heterocycles. The first-order chi connectivity index (χ1) is 20.8. The van der Waals surface area contributed by atoms with Crippen LogP contribution in [0.25, 0.3) is 0 Å². The lowest BCUT2D eigenvalue weighted by molar-refractivity contribution is -0.192. The Kier molecular flexibility index (Phi) is 14.7. The molecular formula is C31H40F4N2O8. The van der Waals surface area contributed by atoms with Gasteiger partial charge < -0.3 is 30.1 Å². The second-order valence-electron chi connectivity index (χ2n) is 10.5. The Hall–Kier alpha value is -3.75. The van der Waals surface area contributed by atoms with Gasteiger partial charge >= 0.3 is 12.1 Å². The number of Topliss-reactive ketones (excluding diaryl/α,β-unsaturated/α-hetero) is 1. The van der Waals surface area contributed by atoms with E-state index in [9.17, 15) is 37.4 Å². The summed E-state index contributed by atoms with van der Waals surface area (Å²) in [5.74, 6) is -2.15. The summed E-state index contributed by atoms with van der Waals surface area (Å²) < 4.78 is 56.0. The SMILES string of the molecule is C.O=C(CCCCCC(=O)c1ccc(F)cc1)N[C@H](CN1CC[C@H](O)C1)[C@H](O)c1ccc2c(c1)OCCO2.O=C(O)C(F)(F)F. The smallest absolute Gasteiger partial charge is 0.486 e. The molecule has 0 aliphatic carbocycles. The molecular weight excluding hydrogens is 604 g/mol. The quantitative estimate of drug-likeness (QED) is 0.151. The predicted octanol–water partition coefficient (Wildman–Crippen LogP) is 4.28. The number of nitrogens with zero attached hydrogens (tertiary/aromatic N) is 1. The van der Waals surface area contributed by atoms with Gasteiger partial charge in [0.1, 0.15) is 25.1 Å². The van der Waals surface area contributed by atoms with Crippen molar-refractivity contribution in [3.8, 4) is 11.5 Å². The number of rotatable bonds is 12. The third-order valence-electron chi connectivity index (χ3n) is 7.05. The van der Waals surface area contributed by atoms with E-state index in [0.29, 0.717) is 87.6 Å². The number of fused-ring (bicyclic) bond motifs is 1. The van der Waals surface area contributed by atoms with Gasteiger partial charge in [-0.3, -0.25) is 14.5 Å². The van der Waals surface area contributed by atoms with E-state index in [1.54, 1.807) is 18.2 Å². The van der Waals surface area contributed by atoms with Crippen LogP contribution in [0.15, 0.2) is 42.5 Å². The highest BCUT2D eigenvalue weighted by molar-refractivity contribution is 5.95. The number of aliphatic carboxylic acids is 1. The number of halogens is 4. The fraction of sp³-hybridized carbons (Fsp3) is 0.516. The van der Waals surface area contributed by atoms with Crippen LogP contribution < -0.4 is 14.8 Å². The number of aliphatic hydroxyl groups excluding tert-OH is 2. The molecule has 0 spiro atoms. The summed E-state index contributed by atoms with van der Waals surface area (Å²) in [5.41, 5.74) is 1.11. The Morgan fingerprint density at radius 3 is 2.20 bits per heavy atom. The molecule has 1 amide bonds. The van der Waals surface area contributed by atoms with Crippen molar-refractivity contribution in [3.05, 3.63) is 59.4 Å². The largest absolute Gasteiger partial charge is 0.490 e. The predicted molar refractivity (Wildman–Crippen MR) is 156 cm³/mol. The van der Waals surface area contributed by atoms with Crippen molar-refractivity contribution < 1.29 is 56.7 Å². The Bertz CT molecular complexity index is 1260. The molecule has 14 heteroatoms. The highest BCUT2D eigenvalue weighted by Gasteiger charge is 2.38. The molecule has 0 saturated carbocycles. The number of carbonyl (C=O) groups is 3. The van der Waals surface area contributed by atoms with Crippen molar-refractivity contribution in [1.82, 2.24) is 10.2 Å². The first kappa shape index (κ1) is 37.4. The maximum absolute atomic E-state index is 13.0. The number of alkyl halides is 3. The van der Waals surface area contributed by atoms with Crippen LogP contribution in [-0.2, 0) is 9.59 Å². The van der Waals surface area contributed by atoms with Gasteiger partial charge in [-0.2, -0.15) is 13.2 Å². The van der Waals surface area contributed by atoms with Gasteiger partial charge in [0, 0.05) is 38.0 Å². The molecule has 2 aromatic carbocycles. The molecule has 2 aliphatic heterocycles. The van der Waals surface area contributed by atoms with Crippen molar-refractivity contribution in [1.29, 1.82) is 0 Å². The van der Waals surface area contributed by atoms with Crippen molar-refractivity contribution in [2.24, 2.45) is 0 Å². The number of hydrogen-bond acceptors (Lipinski definition) is 8. The zero-order valence-electron chi connectivity index (χ0n) is 23.9. The molecule has 1 saturated heterocycles. The molecule has 2 aromatic rings. The maximum atomic E-state index is 13.0. The van der Waals surface area contributed by atoms with E-state index in [0.717, 1.165) is 0 Å². The Labute approximate surface area is 258 Å². The number of likely N-dealkylation sites (tertiary alicyclic amines) is 1.